The molecule has 2 aromatic rings. The Labute approximate surface area is 186 Å². The van der Waals surface area contributed by atoms with E-state index in [2.05, 4.69) is 4.99 Å². The van der Waals surface area contributed by atoms with Crippen molar-refractivity contribution in [3.8, 4) is 5.75 Å². The lowest BCUT2D eigenvalue weighted by molar-refractivity contribution is -0.156. The molecule has 0 radical (unpaired) electrons. The van der Waals surface area contributed by atoms with Gasteiger partial charge in [-0.25, -0.2) is 9.59 Å². The molecule has 0 fully saturated rings. The second-order valence-corrected chi connectivity index (χ2v) is 6.92. The van der Waals surface area contributed by atoms with Gasteiger partial charge in [-0.1, -0.05) is 35.4 Å². The van der Waals surface area contributed by atoms with E-state index in [1.165, 1.54) is 6.92 Å². The van der Waals surface area contributed by atoms with Gasteiger partial charge in [-0.2, -0.15) is 0 Å². The zero-order chi connectivity index (χ0) is 23.0. The van der Waals surface area contributed by atoms with Crippen LogP contribution in [0.1, 0.15) is 37.5 Å². The van der Waals surface area contributed by atoms with E-state index in [4.69, 9.17) is 25.8 Å². The van der Waals surface area contributed by atoms with Crippen LogP contribution in [0.3, 0.4) is 0 Å². The average Bonchev–Trinajstić information content (AvgIpc) is 2.71. The number of rotatable bonds is 8. The van der Waals surface area contributed by atoms with Crippen LogP contribution in [0.25, 0.3) is 0 Å². The maximum Gasteiger partial charge on any atom is 0.342 e. The summed E-state index contributed by atoms with van der Waals surface area (Å²) in [6.45, 7) is 6.54. The molecule has 2 aromatic carbocycles. The maximum atomic E-state index is 12.5. The quantitative estimate of drug-likeness (QED) is 0.265. The summed E-state index contributed by atoms with van der Waals surface area (Å²) >= 11 is 6.02. The summed E-state index contributed by atoms with van der Waals surface area (Å²) in [4.78, 5) is 41.1. The van der Waals surface area contributed by atoms with Gasteiger partial charge in [-0.15, -0.1) is 0 Å². The number of aryl methyl sites for hydroxylation is 1. The van der Waals surface area contributed by atoms with Crippen LogP contribution in [-0.2, 0) is 23.9 Å². The molecule has 0 heterocycles. The minimum Gasteiger partial charge on any atom is -0.464 e. The highest BCUT2D eigenvalue weighted by Gasteiger charge is 2.30. The summed E-state index contributed by atoms with van der Waals surface area (Å²) in [7, 11) is 0. The van der Waals surface area contributed by atoms with E-state index in [0.717, 1.165) is 5.56 Å². The molecule has 0 saturated carbocycles. The molecule has 2 rings (SSSR count). The van der Waals surface area contributed by atoms with E-state index in [0.29, 0.717) is 16.1 Å². The Morgan fingerprint density at radius 2 is 1.55 bits per heavy atom. The third kappa shape index (κ3) is 6.65. The van der Waals surface area contributed by atoms with Crippen molar-refractivity contribution >= 4 is 35.2 Å². The molecule has 0 aliphatic rings. The Bertz CT molecular complexity index is 966. The van der Waals surface area contributed by atoms with Crippen LogP contribution in [0.4, 0.5) is 0 Å². The largest absolute Gasteiger partial charge is 0.464 e. The van der Waals surface area contributed by atoms with Gasteiger partial charge in [0.15, 0.2) is 0 Å². The number of hydrogen-bond donors (Lipinski definition) is 0. The predicted octanol–water partition coefficient (Wildman–Crippen LogP) is 3.91. The van der Waals surface area contributed by atoms with E-state index < -0.39 is 23.9 Å². The molecule has 31 heavy (non-hydrogen) atoms. The number of nitrogens with zero attached hydrogens (tertiary/aromatic N) is 1. The van der Waals surface area contributed by atoms with Crippen molar-refractivity contribution in [3.63, 3.8) is 0 Å². The normalized spacial score (nSPS) is 11.2. The van der Waals surface area contributed by atoms with Gasteiger partial charge in [0.05, 0.1) is 18.9 Å². The highest BCUT2D eigenvalue weighted by Crippen LogP contribution is 2.26. The van der Waals surface area contributed by atoms with E-state index in [1.54, 1.807) is 56.3 Å². The summed E-state index contributed by atoms with van der Waals surface area (Å²) in [5.74, 6) is -1.96. The Morgan fingerprint density at radius 1 is 0.968 bits per heavy atom. The van der Waals surface area contributed by atoms with Crippen LogP contribution in [0.15, 0.2) is 47.5 Å². The Balaban J connectivity index is 2.74. The van der Waals surface area contributed by atoms with Crippen molar-refractivity contribution in [2.75, 3.05) is 13.2 Å². The lowest BCUT2D eigenvalue weighted by Crippen LogP contribution is -2.33. The number of hydrogen-bond acceptors (Lipinski definition) is 7. The van der Waals surface area contributed by atoms with Gasteiger partial charge in [-0.3, -0.25) is 9.79 Å². The van der Waals surface area contributed by atoms with Crippen molar-refractivity contribution < 1.29 is 28.6 Å². The SMILES string of the molecule is CCOC(=O)C(N=C(c1ccc(Cl)cc1)c1cc(C)ccc1OC(C)=O)C(=O)OCC. The number of halogens is 1. The smallest absolute Gasteiger partial charge is 0.342 e. The monoisotopic (exact) mass is 445 g/mol. The molecule has 0 aliphatic carbocycles. The second kappa shape index (κ2) is 11.3. The molecule has 164 valence electrons. The number of ether oxygens (including phenoxy) is 3. The van der Waals surface area contributed by atoms with Gasteiger partial charge in [-0.05, 0) is 45.0 Å². The number of carbonyl (C=O) groups is 3. The fraction of sp³-hybridized carbons (Fsp3) is 0.304. The Hall–Kier alpha value is -3.19. The van der Waals surface area contributed by atoms with Crippen molar-refractivity contribution in [2.45, 2.75) is 33.7 Å². The Morgan fingerprint density at radius 3 is 2.06 bits per heavy atom. The van der Waals surface area contributed by atoms with Gasteiger partial charge in [0.2, 0.25) is 6.04 Å². The number of carbonyl (C=O) groups excluding carboxylic acids is 3. The van der Waals surface area contributed by atoms with Crippen molar-refractivity contribution in [3.05, 3.63) is 64.2 Å². The molecule has 8 heteroatoms. The zero-order valence-electron chi connectivity index (χ0n) is 17.8. The highest BCUT2D eigenvalue weighted by molar-refractivity contribution is 6.30. The van der Waals surface area contributed by atoms with Crippen molar-refractivity contribution in [1.29, 1.82) is 0 Å². The van der Waals surface area contributed by atoms with Gasteiger partial charge >= 0.3 is 17.9 Å². The number of esters is 3. The third-order valence-electron chi connectivity index (χ3n) is 4.04. The number of aliphatic imine (C=N–C) groups is 1. The van der Waals surface area contributed by atoms with Gasteiger partial charge in [0.25, 0.3) is 0 Å². The van der Waals surface area contributed by atoms with E-state index in [9.17, 15) is 14.4 Å². The molecule has 0 atom stereocenters. The van der Waals surface area contributed by atoms with Crippen LogP contribution >= 0.6 is 11.6 Å². The van der Waals surface area contributed by atoms with Crippen LogP contribution in [0, 0.1) is 6.92 Å². The fourth-order valence-corrected chi connectivity index (χ4v) is 2.88. The zero-order valence-corrected chi connectivity index (χ0v) is 18.6. The first-order valence-corrected chi connectivity index (χ1v) is 10.1. The van der Waals surface area contributed by atoms with E-state index in [1.807, 2.05) is 6.92 Å². The Kier molecular flexibility index (Phi) is 8.75. The molecule has 0 saturated heterocycles. The molecule has 0 unspecified atom stereocenters. The molecular weight excluding hydrogens is 422 g/mol. The van der Waals surface area contributed by atoms with Crippen LogP contribution < -0.4 is 4.74 Å². The molecule has 0 bridgehead atoms. The maximum absolute atomic E-state index is 12.5. The van der Waals surface area contributed by atoms with Crippen molar-refractivity contribution in [2.24, 2.45) is 4.99 Å². The summed E-state index contributed by atoms with van der Waals surface area (Å²) in [6.07, 6.45) is 0. The molecule has 0 amide bonds. The molecule has 0 spiro atoms. The summed E-state index contributed by atoms with van der Waals surface area (Å²) in [5, 5.41) is 0.500. The minimum absolute atomic E-state index is 0.0731. The first-order chi connectivity index (χ1) is 14.8. The summed E-state index contributed by atoms with van der Waals surface area (Å²) in [6, 6.07) is 10.3. The molecule has 0 aromatic heterocycles. The van der Waals surface area contributed by atoms with E-state index in [-0.39, 0.29) is 24.7 Å². The fourth-order valence-electron chi connectivity index (χ4n) is 2.75. The van der Waals surface area contributed by atoms with Crippen LogP contribution in [-0.4, -0.2) is 42.9 Å². The second-order valence-electron chi connectivity index (χ2n) is 6.48. The molecule has 7 nitrogen and oxygen atoms in total. The van der Waals surface area contributed by atoms with Crippen LogP contribution in [0.2, 0.25) is 5.02 Å². The lowest BCUT2D eigenvalue weighted by atomic mass is 9.99. The van der Waals surface area contributed by atoms with Gasteiger partial charge in [0, 0.05) is 23.1 Å². The first-order valence-electron chi connectivity index (χ1n) is 9.73. The van der Waals surface area contributed by atoms with Crippen LogP contribution in [0.5, 0.6) is 5.75 Å². The predicted molar refractivity (Wildman–Crippen MR) is 117 cm³/mol. The van der Waals surface area contributed by atoms with Gasteiger partial charge < -0.3 is 14.2 Å². The molecular formula is C23H24ClNO6. The van der Waals surface area contributed by atoms with E-state index >= 15 is 0 Å². The number of benzene rings is 2. The third-order valence-corrected chi connectivity index (χ3v) is 4.29. The standard InChI is InChI=1S/C23H24ClNO6/c1-5-29-22(27)21(23(28)30-6-2)25-20(16-8-10-17(24)11-9-16)18-13-14(3)7-12-19(18)31-15(4)26/h7-13,21H,5-6H2,1-4H3. The topological polar surface area (TPSA) is 91.3 Å². The first kappa shape index (κ1) is 24.1. The average molecular weight is 446 g/mol. The van der Waals surface area contributed by atoms with Crippen molar-refractivity contribution in [1.82, 2.24) is 0 Å². The summed E-state index contributed by atoms with van der Waals surface area (Å²) in [5.41, 5.74) is 2.09. The summed E-state index contributed by atoms with van der Waals surface area (Å²) < 4.78 is 15.4. The minimum atomic E-state index is -1.55. The van der Waals surface area contributed by atoms with Gasteiger partial charge in [0.1, 0.15) is 5.75 Å². The molecule has 0 N–H and O–H groups in total. The molecule has 0 aliphatic heterocycles. The highest BCUT2D eigenvalue weighted by atomic mass is 35.5. The lowest BCUT2D eigenvalue weighted by Gasteiger charge is -2.16.